The van der Waals surface area contributed by atoms with Gasteiger partial charge in [0.05, 0.1) is 13.7 Å². The first kappa shape index (κ1) is 20.2. The number of nitrogens with zero attached hydrogens (tertiary/aromatic N) is 1. The van der Waals surface area contributed by atoms with Crippen molar-refractivity contribution in [1.82, 2.24) is 10.2 Å². The molecule has 0 bridgehead atoms. The van der Waals surface area contributed by atoms with E-state index >= 15 is 0 Å². The zero-order valence-corrected chi connectivity index (χ0v) is 16.4. The van der Waals surface area contributed by atoms with Crippen molar-refractivity contribution in [2.24, 2.45) is 0 Å². The molecule has 0 aromatic heterocycles. The Morgan fingerprint density at radius 2 is 1.85 bits per heavy atom. The fraction of sp³-hybridized carbons (Fsp3) is 0.579. The minimum absolute atomic E-state index is 0.0207. The smallest absolute Gasteiger partial charge is 0.277 e. The Morgan fingerprint density at radius 1 is 1.19 bits per heavy atom. The van der Waals surface area contributed by atoms with E-state index in [0.717, 1.165) is 38.5 Å². The van der Waals surface area contributed by atoms with Crippen molar-refractivity contribution < 1.29 is 24.1 Å². The molecule has 0 saturated carbocycles. The van der Waals surface area contributed by atoms with Crippen molar-refractivity contribution >= 4 is 11.8 Å². The molecule has 3 N–H and O–H groups in total. The van der Waals surface area contributed by atoms with Gasteiger partial charge in [-0.15, -0.1) is 0 Å². The van der Waals surface area contributed by atoms with Crippen LogP contribution < -0.4 is 19.9 Å². The van der Waals surface area contributed by atoms with Crippen LogP contribution in [0.5, 0.6) is 5.75 Å². The van der Waals surface area contributed by atoms with Crippen molar-refractivity contribution in [1.29, 1.82) is 0 Å². The quantitative estimate of drug-likeness (QED) is 0.501. The summed E-state index contributed by atoms with van der Waals surface area (Å²) in [6.07, 6.45) is 0. The Hall–Kier alpha value is -2.12. The summed E-state index contributed by atoms with van der Waals surface area (Å²) in [6, 6.07) is 6.30. The number of carbonyl (C=O) groups is 2. The van der Waals surface area contributed by atoms with E-state index in [1.165, 1.54) is 25.8 Å². The summed E-state index contributed by atoms with van der Waals surface area (Å²) in [5, 5.41) is 2.54. The van der Waals surface area contributed by atoms with Crippen LogP contribution in [-0.2, 0) is 16.1 Å². The molecule has 2 rings (SSSR count). The third kappa shape index (κ3) is 5.71. The maximum Gasteiger partial charge on any atom is 0.277 e. The SMILES string of the molecule is CNC(=O)CN(C)C(=O)C[NH+]1CC[NH+](Cc2cc(C)ccc2OC)CC1. The van der Waals surface area contributed by atoms with Crippen LogP contribution in [0.15, 0.2) is 18.2 Å². The molecule has 7 heteroatoms. The molecule has 7 nitrogen and oxygen atoms in total. The molecular formula is C19H32N4O3+2. The van der Waals surface area contributed by atoms with Crippen molar-refractivity contribution in [2.45, 2.75) is 13.5 Å². The largest absolute Gasteiger partial charge is 0.496 e. The number of amides is 2. The Kier molecular flexibility index (Phi) is 7.41. The number of quaternary nitrogens is 2. The summed E-state index contributed by atoms with van der Waals surface area (Å²) < 4.78 is 5.48. The van der Waals surface area contributed by atoms with E-state index in [0.29, 0.717) is 6.54 Å². The monoisotopic (exact) mass is 364 g/mol. The van der Waals surface area contributed by atoms with Crippen LogP contribution in [0.2, 0.25) is 0 Å². The molecule has 1 aliphatic heterocycles. The molecule has 1 saturated heterocycles. The van der Waals surface area contributed by atoms with E-state index in [2.05, 4.69) is 24.4 Å². The van der Waals surface area contributed by atoms with E-state index in [-0.39, 0.29) is 18.4 Å². The van der Waals surface area contributed by atoms with Gasteiger partial charge in [0.2, 0.25) is 5.91 Å². The molecule has 1 aromatic carbocycles. The number of rotatable bonds is 7. The van der Waals surface area contributed by atoms with Crippen LogP contribution in [-0.4, -0.2) is 77.2 Å². The number of likely N-dealkylation sites (N-methyl/N-ethyl adjacent to an activating group) is 2. The van der Waals surface area contributed by atoms with Gasteiger partial charge in [0.15, 0.2) is 6.54 Å². The molecule has 1 fully saturated rings. The zero-order valence-electron chi connectivity index (χ0n) is 16.4. The maximum atomic E-state index is 12.3. The molecule has 144 valence electrons. The lowest BCUT2D eigenvalue weighted by molar-refractivity contribution is -1.02. The Morgan fingerprint density at radius 3 is 2.46 bits per heavy atom. The normalized spacial score (nSPS) is 19.7. The standard InChI is InChI=1S/C19H30N4O3/c1-15-5-6-17(26-4)16(11-15)12-22-7-9-23(10-8-22)14-19(25)21(3)13-18(24)20-2/h5-6,11H,7-10,12-14H2,1-4H3,(H,20,24)/p+2. The highest BCUT2D eigenvalue weighted by atomic mass is 16.5. The molecule has 0 unspecified atom stereocenters. The molecule has 26 heavy (non-hydrogen) atoms. The first-order valence-corrected chi connectivity index (χ1v) is 9.18. The van der Waals surface area contributed by atoms with Crippen LogP contribution in [0.3, 0.4) is 0 Å². The fourth-order valence-corrected chi connectivity index (χ4v) is 3.36. The lowest BCUT2D eigenvalue weighted by atomic mass is 10.1. The number of nitrogens with one attached hydrogen (secondary N) is 3. The lowest BCUT2D eigenvalue weighted by Crippen LogP contribution is -3.28. The van der Waals surface area contributed by atoms with Crippen molar-refractivity contribution in [3.63, 3.8) is 0 Å². The summed E-state index contributed by atoms with van der Waals surface area (Å²) in [4.78, 5) is 28.0. The number of aryl methyl sites for hydroxylation is 1. The van der Waals surface area contributed by atoms with Gasteiger partial charge in [-0.2, -0.15) is 0 Å². The van der Waals surface area contributed by atoms with Crippen LogP contribution in [0.4, 0.5) is 0 Å². The van der Waals surface area contributed by atoms with Crippen molar-refractivity contribution in [2.75, 3.05) is 60.5 Å². The summed E-state index contributed by atoms with van der Waals surface area (Å²) in [6.45, 7) is 7.59. The van der Waals surface area contributed by atoms with E-state index < -0.39 is 0 Å². The lowest BCUT2D eigenvalue weighted by Gasteiger charge is -2.30. The van der Waals surface area contributed by atoms with Gasteiger partial charge in [-0.05, 0) is 19.1 Å². The second-order valence-electron chi connectivity index (χ2n) is 7.09. The predicted molar refractivity (Wildman–Crippen MR) is 99.4 cm³/mol. The summed E-state index contributed by atoms with van der Waals surface area (Å²) in [7, 11) is 4.98. The Bertz CT molecular complexity index is 627. The Labute approximate surface area is 155 Å². The van der Waals surface area contributed by atoms with Gasteiger partial charge in [-0.3, -0.25) is 9.59 Å². The van der Waals surface area contributed by atoms with Gasteiger partial charge >= 0.3 is 0 Å². The number of piperazine rings is 1. The number of methoxy groups -OCH3 is 1. The Balaban J connectivity index is 1.81. The molecular weight excluding hydrogens is 332 g/mol. The van der Waals surface area contributed by atoms with Gasteiger partial charge in [-0.25, -0.2) is 0 Å². The van der Waals surface area contributed by atoms with Crippen LogP contribution in [0, 0.1) is 6.92 Å². The van der Waals surface area contributed by atoms with Crippen LogP contribution >= 0.6 is 0 Å². The minimum Gasteiger partial charge on any atom is -0.496 e. The molecule has 1 aliphatic rings. The molecule has 0 atom stereocenters. The van der Waals surface area contributed by atoms with Gasteiger partial charge < -0.3 is 24.8 Å². The number of hydrogen-bond donors (Lipinski definition) is 3. The number of hydrogen-bond acceptors (Lipinski definition) is 3. The number of carbonyl (C=O) groups excluding carboxylic acids is 2. The topological polar surface area (TPSA) is 67.5 Å². The molecule has 0 radical (unpaired) electrons. The average molecular weight is 364 g/mol. The van der Waals surface area contributed by atoms with E-state index in [4.69, 9.17) is 4.74 Å². The highest BCUT2D eigenvalue weighted by molar-refractivity contribution is 5.84. The van der Waals surface area contributed by atoms with Crippen LogP contribution in [0.25, 0.3) is 0 Å². The molecule has 1 heterocycles. The van der Waals surface area contributed by atoms with E-state index in [9.17, 15) is 9.59 Å². The maximum absolute atomic E-state index is 12.3. The van der Waals surface area contributed by atoms with E-state index in [1.54, 1.807) is 21.2 Å². The predicted octanol–water partition coefficient (Wildman–Crippen LogP) is -2.51. The second-order valence-corrected chi connectivity index (χ2v) is 7.09. The minimum atomic E-state index is -0.141. The fourth-order valence-electron chi connectivity index (χ4n) is 3.36. The van der Waals surface area contributed by atoms with E-state index in [1.807, 2.05) is 6.07 Å². The number of benzene rings is 1. The first-order chi connectivity index (χ1) is 12.4. The molecule has 2 amide bonds. The van der Waals surface area contributed by atoms with Gasteiger partial charge in [0.1, 0.15) is 38.5 Å². The van der Waals surface area contributed by atoms with Crippen molar-refractivity contribution in [3.05, 3.63) is 29.3 Å². The third-order valence-electron chi connectivity index (χ3n) is 5.03. The average Bonchev–Trinajstić information content (AvgIpc) is 2.63. The summed E-state index contributed by atoms with van der Waals surface area (Å²) in [5.41, 5.74) is 2.49. The van der Waals surface area contributed by atoms with Crippen molar-refractivity contribution in [3.8, 4) is 5.75 Å². The highest BCUT2D eigenvalue weighted by Crippen LogP contribution is 2.18. The zero-order chi connectivity index (χ0) is 19.1. The van der Waals surface area contributed by atoms with Gasteiger partial charge in [-0.1, -0.05) is 11.6 Å². The van der Waals surface area contributed by atoms with Crippen LogP contribution in [0.1, 0.15) is 11.1 Å². The molecule has 0 spiro atoms. The third-order valence-corrected chi connectivity index (χ3v) is 5.03. The summed E-state index contributed by atoms with van der Waals surface area (Å²) in [5.74, 6) is 0.827. The first-order valence-electron chi connectivity index (χ1n) is 9.18. The molecule has 1 aromatic rings. The van der Waals surface area contributed by atoms with Gasteiger partial charge in [0.25, 0.3) is 5.91 Å². The summed E-state index contributed by atoms with van der Waals surface area (Å²) >= 11 is 0. The van der Waals surface area contributed by atoms with Gasteiger partial charge in [0, 0.05) is 19.7 Å². The highest BCUT2D eigenvalue weighted by Gasteiger charge is 2.27. The second kappa shape index (κ2) is 9.54. The number of ether oxygens (including phenoxy) is 1. The molecule has 0 aliphatic carbocycles.